The van der Waals surface area contributed by atoms with Gasteiger partial charge in [-0.1, -0.05) is 30.3 Å². The number of para-hydroxylation sites is 1. The third kappa shape index (κ3) is 3.26. The second-order valence-corrected chi connectivity index (χ2v) is 6.70. The van der Waals surface area contributed by atoms with Gasteiger partial charge in [0.25, 0.3) is 11.5 Å². The largest absolute Gasteiger partial charge is 0.304 e. The van der Waals surface area contributed by atoms with Crippen LogP contribution in [-0.2, 0) is 13.0 Å². The molecule has 6 heteroatoms. The Morgan fingerprint density at radius 3 is 2.63 bits per heavy atom. The van der Waals surface area contributed by atoms with E-state index < -0.39 is 0 Å². The van der Waals surface area contributed by atoms with Gasteiger partial charge in [-0.25, -0.2) is 9.07 Å². The SMILES string of the molecule is C[C@@H]1Cc2ccccc2N1C(=O)c1ccc(=O)n(Cc2ccc(F)cc2)n1. The number of nitrogens with zero attached hydrogens (tertiary/aromatic N) is 3. The normalized spacial score (nSPS) is 15.6. The first-order valence-corrected chi connectivity index (χ1v) is 8.77. The number of halogens is 1. The second-order valence-electron chi connectivity index (χ2n) is 6.70. The van der Waals surface area contributed by atoms with E-state index in [4.69, 9.17) is 0 Å². The van der Waals surface area contributed by atoms with Gasteiger partial charge in [-0.15, -0.1) is 0 Å². The van der Waals surface area contributed by atoms with Crippen molar-refractivity contribution >= 4 is 11.6 Å². The highest BCUT2D eigenvalue weighted by molar-refractivity contribution is 6.06. The zero-order chi connectivity index (χ0) is 19.0. The Balaban J connectivity index is 1.65. The zero-order valence-electron chi connectivity index (χ0n) is 14.8. The van der Waals surface area contributed by atoms with Gasteiger partial charge in [-0.3, -0.25) is 9.59 Å². The summed E-state index contributed by atoms with van der Waals surface area (Å²) in [5.41, 5.74) is 2.63. The maximum atomic E-state index is 13.1. The van der Waals surface area contributed by atoms with Crippen molar-refractivity contribution in [2.75, 3.05) is 4.90 Å². The van der Waals surface area contributed by atoms with Gasteiger partial charge >= 0.3 is 0 Å². The van der Waals surface area contributed by atoms with Gasteiger partial charge in [0, 0.05) is 17.8 Å². The molecule has 2 heterocycles. The van der Waals surface area contributed by atoms with Crippen LogP contribution in [0.3, 0.4) is 0 Å². The van der Waals surface area contributed by atoms with Crippen molar-refractivity contribution in [3.63, 3.8) is 0 Å². The molecule has 4 rings (SSSR count). The van der Waals surface area contributed by atoms with Crippen LogP contribution in [0.2, 0.25) is 0 Å². The minimum atomic E-state index is -0.343. The standard InChI is InChI=1S/C21H18FN3O2/c1-14-12-16-4-2-3-5-19(16)25(14)21(27)18-10-11-20(26)24(23-18)13-15-6-8-17(22)9-7-15/h2-11,14H,12-13H2,1H3/t14-/m1/s1. The molecular formula is C21H18FN3O2. The Morgan fingerprint density at radius 2 is 1.85 bits per heavy atom. The third-order valence-electron chi connectivity index (χ3n) is 4.76. The number of aromatic nitrogens is 2. The highest BCUT2D eigenvalue weighted by atomic mass is 19.1. The Bertz CT molecular complexity index is 1060. The molecule has 0 saturated carbocycles. The predicted octanol–water partition coefficient (Wildman–Crippen LogP) is 3.02. The zero-order valence-corrected chi connectivity index (χ0v) is 14.8. The van der Waals surface area contributed by atoms with Gasteiger partial charge in [0.15, 0.2) is 0 Å². The average molecular weight is 363 g/mol. The van der Waals surface area contributed by atoms with Gasteiger partial charge in [-0.2, -0.15) is 5.10 Å². The molecule has 5 nitrogen and oxygen atoms in total. The van der Waals surface area contributed by atoms with Gasteiger partial charge < -0.3 is 4.90 Å². The summed E-state index contributed by atoms with van der Waals surface area (Å²) in [5.74, 6) is -0.579. The van der Waals surface area contributed by atoms with Crippen molar-refractivity contribution in [2.45, 2.75) is 25.9 Å². The quantitative estimate of drug-likeness (QED) is 0.719. The maximum absolute atomic E-state index is 13.1. The second kappa shape index (κ2) is 6.79. The van der Waals surface area contributed by atoms with Crippen LogP contribution >= 0.6 is 0 Å². The number of carbonyl (C=O) groups is 1. The fraction of sp³-hybridized carbons (Fsp3) is 0.190. The summed E-state index contributed by atoms with van der Waals surface area (Å²) in [4.78, 5) is 27.0. The Labute approximate surface area is 155 Å². The predicted molar refractivity (Wildman–Crippen MR) is 100 cm³/mol. The topological polar surface area (TPSA) is 55.2 Å². The van der Waals surface area contributed by atoms with Crippen LogP contribution in [0.1, 0.15) is 28.5 Å². The molecule has 0 bridgehead atoms. The number of hydrogen-bond donors (Lipinski definition) is 0. The first-order chi connectivity index (χ1) is 13.0. The van der Waals surface area contributed by atoms with Crippen molar-refractivity contribution < 1.29 is 9.18 Å². The summed E-state index contributed by atoms with van der Waals surface area (Å²) >= 11 is 0. The molecule has 0 unspecified atom stereocenters. The first-order valence-electron chi connectivity index (χ1n) is 8.77. The lowest BCUT2D eigenvalue weighted by molar-refractivity contribution is 0.0974. The van der Waals surface area contributed by atoms with Crippen LogP contribution in [0, 0.1) is 5.82 Å². The molecule has 0 saturated heterocycles. The molecule has 1 aromatic heterocycles. The van der Waals surface area contributed by atoms with Crippen molar-refractivity contribution in [2.24, 2.45) is 0 Å². The average Bonchev–Trinajstić information content (AvgIpc) is 3.00. The van der Waals surface area contributed by atoms with E-state index in [0.717, 1.165) is 23.2 Å². The molecule has 3 aromatic rings. The summed E-state index contributed by atoms with van der Waals surface area (Å²) in [7, 11) is 0. The number of amides is 1. The van der Waals surface area contributed by atoms with Crippen molar-refractivity contribution in [3.8, 4) is 0 Å². The monoisotopic (exact) mass is 363 g/mol. The lowest BCUT2D eigenvalue weighted by Crippen LogP contribution is -2.37. The van der Waals surface area contributed by atoms with E-state index in [1.54, 1.807) is 17.0 Å². The van der Waals surface area contributed by atoms with Crippen LogP contribution in [0.25, 0.3) is 0 Å². The molecule has 0 spiro atoms. The molecule has 0 aliphatic carbocycles. The highest BCUT2D eigenvalue weighted by Crippen LogP contribution is 2.32. The van der Waals surface area contributed by atoms with E-state index in [2.05, 4.69) is 5.10 Å². The number of carbonyl (C=O) groups excluding carboxylic acids is 1. The third-order valence-corrected chi connectivity index (χ3v) is 4.76. The fourth-order valence-electron chi connectivity index (χ4n) is 3.44. The highest BCUT2D eigenvalue weighted by Gasteiger charge is 2.32. The number of anilines is 1. The molecule has 1 aliphatic rings. The molecule has 0 radical (unpaired) electrons. The Morgan fingerprint density at radius 1 is 1.11 bits per heavy atom. The summed E-state index contributed by atoms with van der Waals surface area (Å²) in [6, 6.07) is 16.5. The lowest BCUT2D eigenvalue weighted by Gasteiger charge is -2.22. The molecular weight excluding hydrogens is 345 g/mol. The van der Waals surface area contributed by atoms with Crippen LogP contribution in [0.4, 0.5) is 10.1 Å². The summed E-state index contributed by atoms with van der Waals surface area (Å²) in [6.07, 6.45) is 0.789. The Hall–Kier alpha value is -3.28. The summed E-state index contributed by atoms with van der Waals surface area (Å²) in [6.45, 7) is 2.17. The van der Waals surface area contributed by atoms with E-state index in [1.807, 2.05) is 31.2 Å². The van der Waals surface area contributed by atoms with Gasteiger partial charge in [0.2, 0.25) is 0 Å². The minimum Gasteiger partial charge on any atom is -0.304 e. The molecule has 1 amide bonds. The Kier molecular flexibility index (Phi) is 4.32. The molecule has 0 N–H and O–H groups in total. The van der Waals surface area contributed by atoms with E-state index in [1.165, 1.54) is 28.9 Å². The van der Waals surface area contributed by atoms with Crippen LogP contribution < -0.4 is 10.5 Å². The van der Waals surface area contributed by atoms with E-state index in [0.29, 0.717) is 0 Å². The lowest BCUT2D eigenvalue weighted by atomic mass is 10.1. The van der Waals surface area contributed by atoms with Gasteiger partial charge in [0.1, 0.15) is 11.5 Å². The van der Waals surface area contributed by atoms with Crippen LogP contribution in [0.15, 0.2) is 65.5 Å². The van der Waals surface area contributed by atoms with Crippen LogP contribution in [0.5, 0.6) is 0 Å². The van der Waals surface area contributed by atoms with E-state index in [9.17, 15) is 14.0 Å². The van der Waals surface area contributed by atoms with Gasteiger partial charge in [-0.05, 0) is 48.7 Å². The molecule has 27 heavy (non-hydrogen) atoms. The molecule has 0 fully saturated rings. The number of benzene rings is 2. The molecule has 136 valence electrons. The van der Waals surface area contributed by atoms with E-state index >= 15 is 0 Å². The molecule has 1 atom stereocenters. The van der Waals surface area contributed by atoms with Crippen molar-refractivity contribution in [1.29, 1.82) is 0 Å². The summed E-state index contributed by atoms with van der Waals surface area (Å²) in [5, 5.41) is 4.26. The smallest absolute Gasteiger partial charge is 0.278 e. The van der Waals surface area contributed by atoms with Crippen molar-refractivity contribution in [3.05, 3.63) is 93.7 Å². The molecule has 2 aromatic carbocycles. The minimum absolute atomic E-state index is 0.0224. The number of fused-ring (bicyclic) bond motifs is 1. The number of hydrogen-bond acceptors (Lipinski definition) is 3. The van der Waals surface area contributed by atoms with Crippen LogP contribution in [-0.4, -0.2) is 21.7 Å². The first kappa shape index (κ1) is 17.1. The van der Waals surface area contributed by atoms with E-state index in [-0.39, 0.29) is 35.6 Å². The summed E-state index contributed by atoms with van der Waals surface area (Å²) < 4.78 is 14.3. The van der Waals surface area contributed by atoms with Crippen molar-refractivity contribution in [1.82, 2.24) is 9.78 Å². The molecule has 1 aliphatic heterocycles. The fourth-order valence-corrected chi connectivity index (χ4v) is 3.44. The maximum Gasteiger partial charge on any atom is 0.278 e. The van der Waals surface area contributed by atoms with Gasteiger partial charge in [0.05, 0.1) is 6.54 Å². The number of rotatable bonds is 3.